The Hall–Kier alpha value is -2.74. The van der Waals surface area contributed by atoms with Crippen LogP contribution in [-0.2, 0) is 17.4 Å². The summed E-state index contributed by atoms with van der Waals surface area (Å²) in [5.74, 6) is -0.0811. The standard InChI is InChI=1S/C22H22F3N3OS/c1-14(2)9-19(15-5-3-7-17(10-15)22(23,24)25)28-20(29)11-18-13-30-21(27-18)16-6-4-8-26-12-16/h3-8,10,12-14,19H,9,11H2,1-2H3,(H,28,29). The highest BCUT2D eigenvalue weighted by Gasteiger charge is 2.31. The van der Waals surface area contributed by atoms with Crippen molar-refractivity contribution in [1.82, 2.24) is 15.3 Å². The third kappa shape index (κ3) is 5.89. The predicted octanol–water partition coefficient (Wildman–Crippen LogP) is 5.67. The molecule has 0 aliphatic heterocycles. The maximum atomic E-state index is 13.1. The lowest BCUT2D eigenvalue weighted by molar-refractivity contribution is -0.137. The van der Waals surface area contributed by atoms with Gasteiger partial charge in [-0.3, -0.25) is 9.78 Å². The lowest BCUT2D eigenvalue weighted by Gasteiger charge is -2.22. The van der Waals surface area contributed by atoms with Crippen molar-refractivity contribution in [3.63, 3.8) is 0 Å². The van der Waals surface area contributed by atoms with Gasteiger partial charge in [0.25, 0.3) is 0 Å². The highest BCUT2D eigenvalue weighted by Crippen LogP contribution is 2.32. The Morgan fingerprint density at radius 3 is 2.67 bits per heavy atom. The Labute approximate surface area is 177 Å². The second-order valence-electron chi connectivity index (χ2n) is 7.44. The summed E-state index contributed by atoms with van der Waals surface area (Å²) in [7, 11) is 0. The zero-order valence-electron chi connectivity index (χ0n) is 16.6. The van der Waals surface area contributed by atoms with Gasteiger partial charge in [0, 0.05) is 23.3 Å². The first kappa shape index (κ1) is 22.0. The topological polar surface area (TPSA) is 54.9 Å². The molecule has 1 N–H and O–H groups in total. The van der Waals surface area contributed by atoms with E-state index in [0.29, 0.717) is 17.7 Å². The molecule has 3 rings (SSSR count). The van der Waals surface area contributed by atoms with Crippen LogP contribution in [0.25, 0.3) is 10.6 Å². The predicted molar refractivity (Wildman–Crippen MR) is 111 cm³/mol. The molecule has 0 radical (unpaired) electrons. The minimum absolute atomic E-state index is 0.0598. The van der Waals surface area contributed by atoms with E-state index in [1.165, 1.54) is 17.4 Å². The number of carbonyl (C=O) groups is 1. The molecular formula is C22H22F3N3OS. The van der Waals surface area contributed by atoms with Gasteiger partial charge in [-0.2, -0.15) is 13.2 Å². The van der Waals surface area contributed by atoms with Crippen LogP contribution < -0.4 is 5.32 Å². The molecule has 4 nitrogen and oxygen atoms in total. The van der Waals surface area contributed by atoms with E-state index < -0.39 is 17.8 Å². The minimum Gasteiger partial charge on any atom is -0.349 e. The highest BCUT2D eigenvalue weighted by atomic mass is 32.1. The quantitative estimate of drug-likeness (QED) is 0.522. The molecule has 0 spiro atoms. The minimum atomic E-state index is -4.42. The third-order valence-electron chi connectivity index (χ3n) is 4.46. The van der Waals surface area contributed by atoms with Gasteiger partial charge in [0.15, 0.2) is 0 Å². The summed E-state index contributed by atoms with van der Waals surface area (Å²) in [6, 6.07) is 8.33. The van der Waals surface area contributed by atoms with Crippen molar-refractivity contribution in [1.29, 1.82) is 0 Å². The maximum absolute atomic E-state index is 13.1. The normalized spacial score (nSPS) is 12.7. The average molecular weight is 433 g/mol. The summed E-state index contributed by atoms with van der Waals surface area (Å²) in [5, 5.41) is 5.46. The number of carbonyl (C=O) groups excluding carboxylic acids is 1. The molecule has 1 unspecified atom stereocenters. The molecule has 1 amide bonds. The summed E-state index contributed by atoms with van der Waals surface area (Å²) in [5.41, 5.74) is 1.21. The Morgan fingerprint density at radius 2 is 2.00 bits per heavy atom. The summed E-state index contributed by atoms with van der Waals surface area (Å²) < 4.78 is 39.3. The zero-order chi connectivity index (χ0) is 21.7. The number of nitrogens with zero attached hydrogens (tertiary/aromatic N) is 2. The third-order valence-corrected chi connectivity index (χ3v) is 5.40. The number of rotatable bonds is 7. The molecule has 8 heteroatoms. The first-order chi connectivity index (χ1) is 14.2. The van der Waals surface area contributed by atoms with E-state index in [2.05, 4.69) is 15.3 Å². The van der Waals surface area contributed by atoms with Crippen LogP contribution in [-0.4, -0.2) is 15.9 Å². The van der Waals surface area contributed by atoms with Crippen molar-refractivity contribution in [3.8, 4) is 10.6 Å². The fourth-order valence-corrected chi connectivity index (χ4v) is 3.91. The van der Waals surface area contributed by atoms with Gasteiger partial charge in [0.05, 0.1) is 23.7 Å². The largest absolute Gasteiger partial charge is 0.416 e. The van der Waals surface area contributed by atoms with Gasteiger partial charge in [0.1, 0.15) is 5.01 Å². The van der Waals surface area contributed by atoms with Gasteiger partial charge < -0.3 is 5.32 Å². The molecular weight excluding hydrogens is 411 g/mol. The van der Waals surface area contributed by atoms with Crippen molar-refractivity contribution >= 4 is 17.2 Å². The van der Waals surface area contributed by atoms with E-state index in [-0.39, 0.29) is 18.2 Å². The zero-order valence-corrected chi connectivity index (χ0v) is 17.4. The van der Waals surface area contributed by atoms with Crippen molar-refractivity contribution in [2.45, 2.75) is 38.9 Å². The number of aromatic nitrogens is 2. The Balaban J connectivity index is 1.73. The van der Waals surface area contributed by atoms with Crippen LogP contribution in [0.5, 0.6) is 0 Å². The smallest absolute Gasteiger partial charge is 0.349 e. The molecule has 3 aromatic rings. The number of hydrogen-bond donors (Lipinski definition) is 1. The summed E-state index contributed by atoms with van der Waals surface area (Å²) >= 11 is 1.42. The van der Waals surface area contributed by atoms with Gasteiger partial charge in [-0.05, 0) is 42.2 Å². The van der Waals surface area contributed by atoms with E-state index in [1.54, 1.807) is 18.5 Å². The Morgan fingerprint density at radius 1 is 1.20 bits per heavy atom. The Bertz CT molecular complexity index is 987. The maximum Gasteiger partial charge on any atom is 0.416 e. The lowest BCUT2D eigenvalue weighted by atomic mass is 9.95. The summed E-state index contributed by atoms with van der Waals surface area (Å²) in [6.07, 6.45) is -0.454. The van der Waals surface area contributed by atoms with E-state index in [4.69, 9.17) is 0 Å². The van der Waals surface area contributed by atoms with Crippen LogP contribution in [0.1, 0.15) is 43.1 Å². The second-order valence-corrected chi connectivity index (χ2v) is 8.29. The molecule has 0 saturated carbocycles. The van der Waals surface area contributed by atoms with Gasteiger partial charge in [-0.25, -0.2) is 4.98 Å². The van der Waals surface area contributed by atoms with Gasteiger partial charge in [-0.15, -0.1) is 11.3 Å². The number of benzene rings is 1. The summed E-state index contributed by atoms with van der Waals surface area (Å²) in [4.78, 5) is 21.2. The summed E-state index contributed by atoms with van der Waals surface area (Å²) in [6.45, 7) is 3.93. The number of hydrogen-bond acceptors (Lipinski definition) is 4. The van der Waals surface area contributed by atoms with Crippen LogP contribution >= 0.6 is 11.3 Å². The van der Waals surface area contributed by atoms with Gasteiger partial charge in [0.2, 0.25) is 5.91 Å². The van der Waals surface area contributed by atoms with Crippen LogP contribution in [0, 0.1) is 5.92 Å². The molecule has 0 bridgehead atoms. The molecule has 0 fully saturated rings. The number of halogens is 3. The van der Waals surface area contributed by atoms with Crippen molar-refractivity contribution in [2.75, 3.05) is 0 Å². The highest BCUT2D eigenvalue weighted by molar-refractivity contribution is 7.13. The van der Waals surface area contributed by atoms with Crippen molar-refractivity contribution in [3.05, 3.63) is 71.0 Å². The molecule has 1 aromatic carbocycles. The van der Waals surface area contributed by atoms with Gasteiger partial charge in [-0.1, -0.05) is 26.0 Å². The van der Waals surface area contributed by atoms with Crippen LogP contribution in [0.2, 0.25) is 0 Å². The Kier molecular flexibility index (Phi) is 6.87. The van der Waals surface area contributed by atoms with E-state index >= 15 is 0 Å². The molecule has 0 saturated heterocycles. The number of alkyl halides is 3. The fourth-order valence-electron chi connectivity index (χ4n) is 3.10. The van der Waals surface area contributed by atoms with Crippen LogP contribution in [0.15, 0.2) is 54.2 Å². The molecule has 30 heavy (non-hydrogen) atoms. The van der Waals surface area contributed by atoms with Crippen molar-refractivity contribution in [2.24, 2.45) is 5.92 Å². The monoisotopic (exact) mass is 433 g/mol. The molecule has 158 valence electrons. The van der Waals surface area contributed by atoms with E-state index in [1.807, 2.05) is 31.4 Å². The van der Waals surface area contributed by atoms with Crippen molar-refractivity contribution < 1.29 is 18.0 Å². The number of thiazole rings is 1. The number of amides is 1. The van der Waals surface area contributed by atoms with E-state index in [9.17, 15) is 18.0 Å². The van der Waals surface area contributed by atoms with Crippen LogP contribution in [0.4, 0.5) is 13.2 Å². The van der Waals surface area contributed by atoms with Crippen LogP contribution in [0.3, 0.4) is 0 Å². The lowest BCUT2D eigenvalue weighted by Crippen LogP contribution is -2.31. The first-order valence-corrected chi connectivity index (χ1v) is 10.4. The second kappa shape index (κ2) is 9.38. The first-order valence-electron chi connectivity index (χ1n) is 9.53. The van der Waals surface area contributed by atoms with E-state index in [0.717, 1.165) is 22.7 Å². The van der Waals surface area contributed by atoms with Gasteiger partial charge >= 0.3 is 6.18 Å². The SMILES string of the molecule is CC(C)CC(NC(=O)Cc1csc(-c2cccnc2)n1)c1cccc(C(F)(F)F)c1. The number of pyridine rings is 1. The molecule has 0 aliphatic carbocycles. The molecule has 2 aromatic heterocycles. The molecule has 0 aliphatic rings. The molecule has 1 atom stereocenters. The number of nitrogens with one attached hydrogen (secondary N) is 1. The average Bonchev–Trinajstić information content (AvgIpc) is 3.15. The molecule has 2 heterocycles. The fraction of sp³-hybridized carbons (Fsp3) is 0.318.